The maximum absolute atomic E-state index is 6.16. The second kappa shape index (κ2) is 4.86. The fourth-order valence-corrected chi connectivity index (χ4v) is 3.41. The second-order valence-corrected chi connectivity index (χ2v) is 5.90. The van der Waals surface area contributed by atoms with Crippen molar-refractivity contribution < 1.29 is 0 Å². The van der Waals surface area contributed by atoms with Crippen molar-refractivity contribution in [3.05, 3.63) is 58.5 Å². The van der Waals surface area contributed by atoms with E-state index in [4.69, 9.17) is 16.6 Å². The minimum absolute atomic E-state index is 0.757. The summed E-state index contributed by atoms with van der Waals surface area (Å²) in [6.07, 6.45) is 4.13. The van der Waals surface area contributed by atoms with E-state index in [1.54, 1.807) is 0 Å². The Morgan fingerprint density at radius 3 is 2.95 bits per heavy atom. The quantitative estimate of drug-likeness (QED) is 0.785. The van der Waals surface area contributed by atoms with Crippen molar-refractivity contribution in [3.8, 4) is 11.3 Å². The molecule has 0 amide bonds. The number of aryl methyl sites for hydroxylation is 2. The molecule has 0 bridgehead atoms. The van der Waals surface area contributed by atoms with Gasteiger partial charge in [-0.15, -0.1) is 0 Å². The molecule has 0 spiro atoms. The molecule has 0 atom stereocenters. The van der Waals surface area contributed by atoms with Gasteiger partial charge in [0.1, 0.15) is 5.82 Å². The average Bonchev–Trinajstić information content (AvgIpc) is 2.77. The summed E-state index contributed by atoms with van der Waals surface area (Å²) in [4.78, 5) is 4.90. The monoisotopic (exact) mass is 297 g/mol. The highest BCUT2D eigenvalue weighted by Gasteiger charge is 2.21. The highest BCUT2D eigenvalue weighted by atomic mass is 35.5. The lowest BCUT2D eigenvalue weighted by Gasteiger charge is -2.05. The van der Waals surface area contributed by atoms with E-state index < -0.39 is 0 Å². The maximum Gasteiger partial charge on any atom is 0.128 e. The highest BCUT2D eigenvalue weighted by molar-refractivity contribution is 6.30. The summed E-state index contributed by atoms with van der Waals surface area (Å²) >= 11 is 6.16. The van der Waals surface area contributed by atoms with E-state index in [9.17, 15) is 0 Å². The van der Waals surface area contributed by atoms with Crippen LogP contribution in [0.2, 0.25) is 5.02 Å². The lowest BCUT2D eigenvalue weighted by Crippen LogP contribution is -2.09. The molecule has 3 aromatic rings. The van der Waals surface area contributed by atoms with E-state index >= 15 is 0 Å². The van der Waals surface area contributed by atoms with Gasteiger partial charge in [-0.05, 0) is 49.2 Å². The van der Waals surface area contributed by atoms with Crippen LogP contribution in [-0.2, 0) is 19.4 Å². The lowest BCUT2D eigenvalue weighted by molar-refractivity contribution is 0.754. The Morgan fingerprint density at radius 2 is 2.10 bits per heavy atom. The van der Waals surface area contributed by atoms with E-state index in [0.717, 1.165) is 35.9 Å². The lowest BCUT2D eigenvalue weighted by atomic mass is 10.0. The van der Waals surface area contributed by atoms with Crippen LogP contribution in [0.3, 0.4) is 0 Å². The Labute approximate surface area is 128 Å². The number of benzene rings is 1. The first-order valence-electron chi connectivity index (χ1n) is 7.20. The van der Waals surface area contributed by atoms with Crippen molar-refractivity contribution in [2.24, 2.45) is 0 Å². The number of fused-ring (bicyclic) bond motifs is 2. The van der Waals surface area contributed by atoms with Crippen molar-refractivity contribution >= 4 is 17.1 Å². The van der Waals surface area contributed by atoms with Crippen LogP contribution in [0.1, 0.15) is 17.0 Å². The molecule has 4 heteroatoms. The predicted molar refractivity (Wildman–Crippen MR) is 85.8 cm³/mol. The minimum Gasteiger partial charge on any atom is -0.313 e. The number of halogens is 1. The van der Waals surface area contributed by atoms with Gasteiger partial charge in [-0.1, -0.05) is 23.7 Å². The van der Waals surface area contributed by atoms with Crippen molar-refractivity contribution in [2.75, 3.05) is 7.05 Å². The molecular formula is C17H16ClN3. The Morgan fingerprint density at radius 1 is 1.24 bits per heavy atom. The number of nitrogens with zero attached hydrogens (tertiary/aromatic N) is 2. The summed E-state index contributed by atoms with van der Waals surface area (Å²) in [5.74, 6) is 1.05. The number of pyridine rings is 1. The summed E-state index contributed by atoms with van der Waals surface area (Å²) in [6, 6.07) is 10.4. The van der Waals surface area contributed by atoms with E-state index in [2.05, 4.69) is 40.2 Å². The summed E-state index contributed by atoms with van der Waals surface area (Å²) in [7, 11) is 1.95. The summed E-state index contributed by atoms with van der Waals surface area (Å²) in [5.41, 5.74) is 6.18. The van der Waals surface area contributed by atoms with Gasteiger partial charge in [0.25, 0.3) is 0 Å². The van der Waals surface area contributed by atoms with Gasteiger partial charge in [-0.25, -0.2) is 4.98 Å². The second-order valence-electron chi connectivity index (χ2n) is 5.46. The molecule has 0 fully saturated rings. The molecule has 0 aliphatic heterocycles. The van der Waals surface area contributed by atoms with Crippen molar-refractivity contribution in [1.29, 1.82) is 0 Å². The minimum atomic E-state index is 0.757. The standard InChI is InChI=1S/C17H16ClN3/c1-19-10-15-20-16-14-7-6-13(18)9-12(14)5-4-11-3-2-8-21(15)17(11)16/h2-3,6-9,19H,4-5,10H2,1H3. The molecule has 3 nitrogen and oxygen atoms in total. The molecule has 21 heavy (non-hydrogen) atoms. The number of imidazole rings is 1. The van der Waals surface area contributed by atoms with Crippen LogP contribution in [0.25, 0.3) is 16.8 Å². The molecular weight excluding hydrogens is 282 g/mol. The average molecular weight is 298 g/mol. The zero-order chi connectivity index (χ0) is 14.4. The third-order valence-electron chi connectivity index (χ3n) is 4.14. The zero-order valence-electron chi connectivity index (χ0n) is 11.9. The van der Waals surface area contributed by atoms with Crippen molar-refractivity contribution in [3.63, 3.8) is 0 Å². The SMILES string of the molecule is CNCc1nc2c3c(cccn13)CCc1cc(Cl)ccc1-2. The molecule has 1 N–H and O–H groups in total. The molecule has 1 aliphatic rings. The first-order chi connectivity index (χ1) is 10.3. The molecule has 0 radical (unpaired) electrons. The van der Waals surface area contributed by atoms with Gasteiger partial charge in [0.2, 0.25) is 0 Å². The first kappa shape index (κ1) is 12.9. The first-order valence-corrected chi connectivity index (χ1v) is 7.58. The van der Waals surface area contributed by atoms with Gasteiger partial charge >= 0.3 is 0 Å². The Balaban J connectivity index is 2.06. The van der Waals surface area contributed by atoms with Gasteiger partial charge in [0.05, 0.1) is 17.8 Å². The van der Waals surface area contributed by atoms with Gasteiger partial charge in [-0.2, -0.15) is 0 Å². The topological polar surface area (TPSA) is 29.3 Å². The Hall–Kier alpha value is -1.84. The van der Waals surface area contributed by atoms with E-state index in [0.29, 0.717) is 0 Å². The Kier molecular flexibility index (Phi) is 2.98. The normalized spacial score (nSPS) is 13.2. The maximum atomic E-state index is 6.16. The van der Waals surface area contributed by atoms with Crippen LogP contribution in [-0.4, -0.2) is 16.4 Å². The van der Waals surface area contributed by atoms with E-state index in [1.165, 1.54) is 22.2 Å². The van der Waals surface area contributed by atoms with E-state index in [1.807, 2.05) is 13.1 Å². The highest BCUT2D eigenvalue weighted by Crippen LogP contribution is 2.35. The third-order valence-corrected chi connectivity index (χ3v) is 4.38. The fourth-order valence-electron chi connectivity index (χ4n) is 3.21. The number of aromatic nitrogens is 2. The molecule has 1 aromatic carbocycles. The molecule has 2 heterocycles. The van der Waals surface area contributed by atoms with Crippen LogP contribution >= 0.6 is 11.6 Å². The number of hydrogen-bond donors (Lipinski definition) is 1. The molecule has 2 aromatic heterocycles. The van der Waals surface area contributed by atoms with Crippen molar-refractivity contribution in [1.82, 2.24) is 14.7 Å². The van der Waals surface area contributed by atoms with E-state index in [-0.39, 0.29) is 0 Å². The predicted octanol–water partition coefficient (Wildman–Crippen LogP) is 3.47. The van der Waals surface area contributed by atoms with Crippen LogP contribution in [0.5, 0.6) is 0 Å². The van der Waals surface area contributed by atoms with Crippen molar-refractivity contribution in [2.45, 2.75) is 19.4 Å². The number of rotatable bonds is 2. The third kappa shape index (κ3) is 1.96. The molecule has 4 rings (SSSR count). The number of nitrogens with one attached hydrogen (secondary N) is 1. The molecule has 0 unspecified atom stereocenters. The van der Waals surface area contributed by atoms with Crippen LogP contribution < -0.4 is 5.32 Å². The molecule has 106 valence electrons. The molecule has 0 saturated carbocycles. The summed E-state index contributed by atoms with van der Waals surface area (Å²) < 4.78 is 2.21. The van der Waals surface area contributed by atoms with Crippen LogP contribution in [0, 0.1) is 0 Å². The Bertz CT molecular complexity index is 835. The van der Waals surface area contributed by atoms with Crippen LogP contribution in [0.4, 0.5) is 0 Å². The largest absolute Gasteiger partial charge is 0.313 e. The molecule has 0 saturated heterocycles. The summed E-state index contributed by atoms with van der Waals surface area (Å²) in [6.45, 7) is 0.757. The van der Waals surface area contributed by atoms with Gasteiger partial charge in [0.15, 0.2) is 0 Å². The fraction of sp³-hybridized carbons (Fsp3) is 0.235. The van der Waals surface area contributed by atoms with Gasteiger partial charge < -0.3 is 9.72 Å². The molecule has 1 aliphatic carbocycles. The van der Waals surface area contributed by atoms with Crippen LogP contribution in [0.15, 0.2) is 36.5 Å². The zero-order valence-corrected chi connectivity index (χ0v) is 12.6. The number of hydrogen-bond acceptors (Lipinski definition) is 2. The van der Waals surface area contributed by atoms with Gasteiger partial charge in [-0.3, -0.25) is 0 Å². The summed E-state index contributed by atoms with van der Waals surface area (Å²) in [5, 5.41) is 3.99. The smallest absolute Gasteiger partial charge is 0.128 e. The van der Waals surface area contributed by atoms with Gasteiger partial charge in [0, 0.05) is 16.8 Å².